The Morgan fingerprint density at radius 1 is 1.00 bits per heavy atom. The number of ether oxygens (including phenoxy) is 1. The van der Waals surface area contributed by atoms with Crippen molar-refractivity contribution in [3.63, 3.8) is 0 Å². The van der Waals surface area contributed by atoms with E-state index in [1.54, 1.807) is 12.1 Å². The lowest BCUT2D eigenvalue weighted by Gasteiger charge is -2.14. The van der Waals surface area contributed by atoms with Gasteiger partial charge in [-0.15, -0.1) is 0 Å². The summed E-state index contributed by atoms with van der Waals surface area (Å²) in [5, 5.41) is 0.672. The number of alkyl halides is 3. The van der Waals surface area contributed by atoms with Crippen LogP contribution in [0.5, 0.6) is 5.75 Å². The Kier molecular flexibility index (Phi) is 5.62. The van der Waals surface area contributed by atoms with Gasteiger partial charge in [-0.3, -0.25) is 0 Å². The highest BCUT2D eigenvalue weighted by molar-refractivity contribution is 9.10. The molecule has 0 aliphatic rings. The van der Waals surface area contributed by atoms with Crippen molar-refractivity contribution in [2.45, 2.75) is 12.6 Å². The minimum atomic E-state index is -4.46. The van der Waals surface area contributed by atoms with Crippen molar-refractivity contribution in [1.82, 2.24) is 0 Å². The topological polar surface area (TPSA) is 39.4 Å². The minimum Gasteiger partial charge on any atom is -0.495 e. The quantitative estimate of drug-likeness (QED) is 0.295. The molecule has 3 aromatic carbocycles. The standard InChI is InChI=1S/C24H16BrF3O3/c1-30-21-13-20-17(12-19(21)25)18(11-14-5-3-2-4-6-14)22(23(29)31-20)15-7-9-16(10-8-15)24(26,27)28/h2-10,12-13H,11H2,1H3. The average Bonchev–Trinajstić information content (AvgIpc) is 2.74. The zero-order chi connectivity index (χ0) is 22.2. The van der Waals surface area contributed by atoms with Gasteiger partial charge in [0.1, 0.15) is 11.3 Å². The first kappa shape index (κ1) is 21.2. The second-order valence-corrected chi connectivity index (χ2v) is 7.82. The first-order valence-electron chi connectivity index (χ1n) is 9.32. The molecule has 1 aromatic heterocycles. The van der Waals surface area contributed by atoms with Crippen LogP contribution in [0.15, 0.2) is 80.4 Å². The Balaban J connectivity index is 1.98. The molecule has 3 nitrogen and oxygen atoms in total. The largest absolute Gasteiger partial charge is 0.495 e. The summed E-state index contributed by atoms with van der Waals surface area (Å²) >= 11 is 3.46. The van der Waals surface area contributed by atoms with Crippen LogP contribution in [0, 0.1) is 0 Å². The molecule has 31 heavy (non-hydrogen) atoms. The Labute approximate surface area is 184 Å². The van der Waals surface area contributed by atoms with E-state index in [4.69, 9.17) is 9.15 Å². The highest BCUT2D eigenvalue weighted by atomic mass is 79.9. The molecule has 1 heterocycles. The van der Waals surface area contributed by atoms with Gasteiger partial charge in [0, 0.05) is 11.5 Å². The molecule has 0 aliphatic carbocycles. The van der Waals surface area contributed by atoms with Crippen LogP contribution < -0.4 is 10.4 Å². The second kappa shape index (κ2) is 8.23. The lowest BCUT2D eigenvalue weighted by molar-refractivity contribution is -0.137. The predicted molar refractivity (Wildman–Crippen MR) is 116 cm³/mol. The molecule has 4 rings (SSSR count). The molecular weight excluding hydrogens is 473 g/mol. The van der Waals surface area contributed by atoms with Crippen LogP contribution >= 0.6 is 15.9 Å². The Morgan fingerprint density at radius 2 is 1.68 bits per heavy atom. The van der Waals surface area contributed by atoms with E-state index in [1.165, 1.54) is 19.2 Å². The SMILES string of the molecule is COc1cc2oc(=O)c(-c3ccc(C(F)(F)F)cc3)c(Cc3ccccc3)c2cc1Br. The van der Waals surface area contributed by atoms with Gasteiger partial charge in [-0.2, -0.15) is 13.2 Å². The van der Waals surface area contributed by atoms with Crippen LogP contribution in [0.1, 0.15) is 16.7 Å². The molecule has 0 radical (unpaired) electrons. The number of fused-ring (bicyclic) bond motifs is 1. The van der Waals surface area contributed by atoms with Gasteiger partial charge in [0.15, 0.2) is 0 Å². The van der Waals surface area contributed by atoms with Gasteiger partial charge in [0.25, 0.3) is 0 Å². The van der Waals surface area contributed by atoms with Crippen molar-refractivity contribution >= 4 is 26.9 Å². The number of hydrogen-bond donors (Lipinski definition) is 0. The van der Waals surface area contributed by atoms with Gasteiger partial charge >= 0.3 is 11.8 Å². The van der Waals surface area contributed by atoms with Gasteiger partial charge in [-0.05, 0) is 57.2 Å². The van der Waals surface area contributed by atoms with E-state index in [-0.39, 0.29) is 5.56 Å². The molecule has 0 saturated heterocycles. The fraction of sp³-hybridized carbons (Fsp3) is 0.125. The van der Waals surface area contributed by atoms with E-state index in [0.717, 1.165) is 17.7 Å². The molecule has 4 aromatic rings. The van der Waals surface area contributed by atoms with Crippen LogP contribution in [-0.4, -0.2) is 7.11 Å². The molecule has 7 heteroatoms. The number of hydrogen-bond acceptors (Lipinski definition) is 3. The van der Waals surface area contributed by atoms with Crippen molar-refractivity contribution in [1.29, 1.82) is 0 Å². The highest BCUT2D eigenvalue weighted by Gasteiger charge is 2.30. The Bertz CT molecular complexity index is 1290. The summed E-state index contributed by atoms with van der Waals surface area (Å²) in [4.78, 5) is 13.0. The Morgan fingerprint density at radius 3 is 2.29 bits per heavy atom. The maximum atomic E-state index is 13.0. The van der Waals surface area contributed by atoms with Crippen molar-refractivity contribution in [2.24, 2.45) is 0 Å². The summed E-state index contributed by atoms with van der Waals surface area (Å²) < 4.78 is 50.5. The molecular formula is C24H16BrF3O3. The van der Waals surface area contributed by atoms with Crippen molar-refractivity contribution in [2.75, 3.05) is 7.11 Å². The van der Waals surface area contributed by atoms with E-state index >= 15 is 0 Å². The summed E-state index contributed by atoms with van der Waals surface area (Å²) in [6.07, 6.45) is -4.06. The summed E-state index contributed by atoms with van der Waals surface area (Å²) in [5.74, 6) is 0.503. The summed E-state index contributed by atoms with van der Waals surface area (Å²) in [5.41, 5.74) is 1.16. The van der Waals surface area contributed by atoms with Crippen LogP contribution in [0.3, 0.4) is 0 Å². The van der Waals surface area contributed by atoms with Crippen LogP contribution in [0.2, 0.25) is 0 Å². The smallest absolute Gasteiger partial charge is 0.416 e. The fourth-order valence-electron chi connectivity index (χ4n) is 3.52. The molecule has 0 N–H and O–H groups in total. The predicted octanol–water partition coefficient (Wildman–Crippen LogP) is 6.84. The van der Waals surface area contributed by atoms with Crippen LogP contribution in [0.25, 0.3) is 22.1 Å². The summed E-state index contributed by atoms with van der Waals surface area (Å²) in [6, 6.07) is 17.5. The zero-order valence-electron chi connectivity index (χ0n) is 16.3. The van der Waals surface area contributed by atoms with Crippen LogP contribution in [0.4, 0.5) is 13.2 Å². The average molecular weight is 489 g/mol. The third kappa shape index (κ3) is 4.23. The molecule has 0 amide bonds. The monoisotopic (exact) mass is 488 g/mol. The maximum Gasteiger partial charge on any atom is 0.416 e. The number of rotatable bonds is 4. The van der Waals surface area contributed by atoms with Gasteiger partial charge in [0.2, 0.25) is 0 Å². The lowest BCUT2D eigenvalue weighted by Crippen LogP contribution is -2.10. The highest BCUT2D eigenvalue weighted by Crippen LogP contribution is 2.36. The second-order valence-electron chi connectivity index (χ2n) is 6.96. The van der Waals surface area contributed by atoms with E-state index in [0.29, 0.717) is 38.7 Å². The van der Waals surface area contributed by atoms with Gasteiger partial charge in [0.05, 0.1) is 22.7 Å². The van der Waals surface area contributed by atoms with Crippen molar-refractivity contribution < 1.29 is 22.3 Å². The molecule has 0 spiro atoms. The molecule has 0 saturated carbocycles. The normalized spacial score (nSPS) is 11.6. The summed E-state index contributed by atoms with van der Waals surface area (Å²) in [7, 11) is 1.51. The number of benzene rings is 3. The zero-order valence-corrected chi connectivity index (χ0v) is 17.9. The molecule has 158 valence electrons. The van der Waals surface area contributed by atoms with E-state index in [1.807, 2.05) is 30.3 Å². The van der Waals surface area contributed by atoms with Gasteiger partial charge in [-0.1, -0.05) is 42.5 Å². The molecule has 0 atom stereocenters. The number of methoxy groups -OCH3 is 1. The van der Waals surface area contributed by atoms with Gasteiger partial charge in [-0.25, -0.2) is 4.79 Å². The van der Waals surface area contributed by atoms with Crippen LogP contribution in [-0.2, 0) is 12.6 Å². The maximum absolute atomic E-state index is 13.0. The summed E-state index contributed by atoms with van der Waals surface area (Å²) in [6.45, 7) is 0. The van der Waals surface area contributed by atoms with E-state index in [9.17, 15) is 18.0 Å². The van der Waals surface area contributed by atoms with Gasteiger partial charge < -0.3 is 9.15 Å². The van der Waals surface area contributed by atoms with E-state index in [2.05, 4.69) is 15.9 Å². The first-order valence-corrected chi connectivity index (χ1v) is 10.1. The number of halogens is 4. The lowest BCUT2D eigenvalue weighted by atomic mass is 9.93. The fourth-order valence-corrected chi connectivity index (χ4v) is 4.03. The Hall–Kier alpha value is -3.06. The first-order chi connectivity index (χ1) is 14.8. The van der Waals surface area contributed by atoms with E-state index < -0.39 is 17.4 Å². The third-order valence-electron chi connectivity index (χ3n) is 5.01. The molecule has 0 aliphatic heterocycles. The molecule has 0 unspecified atom stereocenters. The van der Waals surface area contributed by atoms with Crippen molar-refractivity contribution in [3.8, 4) is 16.9 Å². The minimum absolute atomic E-state index is 0.238. The molecule has 0 bridgehead atoms. The molecule has 0 fully saturated rings. The third-order valence-corrected chi connectivity index (χ3v) is 5.63. The van der Waals surface area contributed by atoms with Crippen molar-refractivity contribution in [3.05, 3.63) is 98.3 Å².